The molecule has 19 heavy (non-hydrogen) atoms. The van der Waals surface area contributed by atoms with Crippen LogP contribution in [0.1, 0.15) is 12.0 Å². The fourth-order valence-electron chi connectivity index (χ4n) is 2.27. The Morgan fingerprint density at radius 1 is 1.47 bits per heavy atom. The molecule has 0 unspecified atom stereocenters. The molecule has 0 spiro atoms. The summed E-state index contributed by atoms with van der Waals surface area (Å²) in [6, 6.07) is 5.93. The molecule has 106 valence electrons. The first-order valence-corrected chi connectivity index (χ1v) is 8.85. The summed E-state index contributed by atoms with van der Waals surface area (Å²) in [5.74, 6) is 1.73. The first kappa shape index (κ1) is 14.8. The molecule has 6 heteroatoms. The van der Waals surface area contributed by atoms with Crippen molar-refractivity contribution in [2.45, 2.75) is 13.0 Å². The summed E-state index contributed by atoms with van der Waals surface area (Å²) in [5.41, 5.74) is 1.15. The lowest BCUT2D eigenvalue weighted by molar-refractivity contribution is 0.412. The average molecular weight is 348 g/mol. The molecule has 0 bridgehead atoms. The van der Waals surface area contributed by atoms with Crippen molar-refractivity contribution in [2.75, 3.05) is 25.2 Å². The number of halogens is 1. The maximum absolute atomic E-state index is 11.3. The van der Waals surface area contributed by atoms with Gasteiger partial charge in [0.1, 0.15) is 5.75 Å². The Morgan fingerprint density at radius 2 is 2.26 bits per heavy atom. The van der Waals surface area contributed by atoms with E-state index in [1.807, 2.05) is 18.2 Å². The zero-order chi connectivity index (χ0) is 13.9. The standard InChI is InChI=1S/C13H18BrNO3S/c1-18-13-3-2-10(6-12(13)14)7-15-8-11-4-5-19(16,17)9-11/h2-3,6,11,15H,4-5,7-9H2,1H3/t11-/m1/s1. The maximum atomic E-state index is 11.3. The fraction of sp³-hybridized carbons (Fsp3) is 0.538. The molecule has 1 aromatic rings. The highest BCUT2D eigenvalue weighted by atomic mass is 79.9. The van der Waals surface area contributed by atoms with Gasteiger partial charge in [-0.3, -0.25) is 0 Å². The largest absolute Gasteiger partial charge is 0.496 e. The molecule has 1 atom stereocenters. The van der Waals surface area contributed by atoms with Crippen LogP contribution < -0.4 is 10.1 Å². The summed E-state index contributed by atoms with van der Waals surface area (Å²) in [4.78, 5) is 0. The highest BCUT2D eigenvalue weighted by Gasteiger charge is 2.27. The van der Waals surface area contributed by atoms with Crippen LogP contribution in [0.5, 0.6) is 5.75 Å². The molecule has 0 radical (unpaired) electrons. The monoisotopic (exact) mass is 347 g/mol. The van der Waals surface area contributed by atoms with E-state index in [1.54, 1.807) is 7.11 Å². The van der Waals surface area contributed by atoms with E-state index in [0.29, 0.717) is 11.5 Å². The molecule has 2 rings (SSSR count). The van der Waals surface area contributed by atoms with E-state index in [9.17, 15) is 8.42 Å². The Hall–Kier alpha value is -0.590. The van der Waals surface area contributed by atoms with E-state index >= 15 is 0 Å². The summed E-state index contributed by atoms with van der Waals surface area (Å²) >= 11 is 3.45. The summed E-state index contributed by atoms with van der Waals surface area (Å²) in [5, 5.41) is 3.32. The number of benzene rings is 1. The van der Waals surface area contributed by atoms with Crippen LogP contribution in [0.25, 0.3) is 0 Å². The van der Waals surface area contributed by atoms with Gasteiger partial charge < -0.3 is 10.1 Å². The Morgan fingerprint density at radius 3 is 2.84 bits per heavy atom. The van der Waals surface area contributed by atoms with Crippen molar-refractivity contribution >= 4 is 25.8 Å². The number of methoxy groups -OCH3 is 1. The molecular weight excluding hydrogens is 330 g/mol. The van der Waals surface area contributed by atoms with Crippen LogP contribution in [-0.4, -0.2) is 33.6 Å². The Labute approximate surface area is 122 Å². The third-order valence-electron chi connectivity index (χ3n) is 3.31. The van der Waals surface area contributed by atoms with E-state index < -0.39 is 9.84 Å². The zero-order valence-corrected chi connectivity index (χ0v) is 13.3. The highest BCUT2D eigenvalue weighted by Crippen LogP contribution is 2.25. The van der Waals surface area contributed by atoms with Crippen molar-refractivity contribution in [2.24, 2.45) is 5.92 Å². The third kappa shape index (κ3) is 4.19. The average Bonchev–Trinajstić information content (AvgIpc) is 2.69. The van der Waals surface area contributed by atoms with Crippen LogP contribution in [0.4, 0.5) is 0 Å². The van der Waals surface area contributed by atoms with Crippen molar-refractivity contribution < 1.29 is 13.2 Å². The lowest BCUT2D eigenvalue weighted by atomic mass is 10.1. The van der Waals surface area contributed by atoms with Crippen molar-refractivity contribution in [3.8, 4) is 5.75 Å². The van der Waals surface area contributed by atoms with Crippen LogP contribution in [0, 0.1) is 5.92 Å². The normalized spacial score (nSPS) is 21.5. The summed E-state index contributed by atoms with van der Waals surface area (Å²) in [7, 11) is -1.13. The van der Waals surface area contributed by atoms with Gasteiger partial charge in [0.25, 0.3) is 0 Å². The van der Waals surface area contributed by atoms with E-state index in [1.165, 1.54) is 0 Å². The number of nitrogens with one attached hydrogen (secondary N) is 1. The van der Waals surface area contributed by atoms with E-state index in [0.717, 1.165) is 35.3 Å². The van der Waals surface area contributed by atoms with Gasteiger partial charge in [0.15, 0.2) is 9.84 Å². The molecule has 0 saturated carbocycles. The van der Waals surface area contributed by atoms with Crippen molar-refractivity contribution in [3.05, 3.63) is 28.2 Å². The van der Waals surface area contributed by atoms with Gasteiger partial charge in [-0.25, -0.2) is 8.42 Å². The van der Waals surface area contributed by atoms with E-state index in [2.05, 4.69) is 21.2 Å². The molecule has 1 aromatic carbocycles. The number of sulfone groups is 1. The minimum absolute atomic E-state index is 0.256. The van der Waals surface area contributed by atoms with Crippen LogP contribution in [0.15, 0.2) is 22.7 Å². The lowest BCUT2D eigenvalue weighted by Crippen LogP contribution is -2.23. The lowest BCUT2D eigenvalue weighted by Gasteiger charge is -2.10. The number of hydrogen-bond donors (Lipinski definition) is 1. The molecule has 0 aromatic heterocycles. The molecule has 4 nitrogen and oxygen atoms in total. The molecule has 1 aliphatic rings. The summed E-state index contributed by atoms with van der Waals surface area (Å²) < 4.78 is 28.8. The third-order valence-corrected chi connectivity index (χ3v) is 5.76. The SMILES string of the molecule is COc1ccc(CNC[C@H]2CCS(=O)(=O)C2)cc1Br. The van der Waals surface area contributed by atoms with Gasteiger partial charge in [0.05, 0.1) is 23.1 Å². The van der Waals surface area contributed by atoms with Gasteiger partial charge in [0, 0.05) is 6.54 Å². The molecule has 1 aliphatic heterocycles. The number of rotatable bonds is 5. The van der Waals surface area contributed by atoms with Gasteiger partial charge in [-0.2, -0.15) is 0 Å². The predicted octanol–water partition coefficient (Wildman–Crippen LogP) is 1.98. The second-order valence-corrected chi connectivity index (χ2v) is 7.95. The molecule has 1 heterocycles. The Bertz CT molecular complexity index is 545. The Kier molecular flexibility index (Phi) is 4.86. The van der Waals surface area contributed by atoms with Crippen molar-refractivity contribution in [1.29, 1.82) is 0 Å². The highest BCUT2D eigenvalue weighted by molar-refractivity contribution is 9.10. The van der Waals surface area contributed by atoms with Crippen molar-refractivity contribution in [3.63, 3.8) is 0 Å². The van der Waals surface area contributed by atoms with Crippen LogP contribution in [0.2, 0.25) is 0 Å². The minimum atomic E-state index is -2.77. The molecular formula is C13H18BrNO3S. The molecule has 1 fully saturated rings. The zero-order valence-electron chi connectivity index (χ0n) is 10.9. The van der Waals surface area contributed by atoms with Gasteiger partial charge in [0.2, 0.25) is 0 Å². The van der Waals surface area contributed by atoms with Gasteiger partial charge in [-0.1, -0.05) is 6.07 Å². The first-order valence-electron chi connectivity index (χ1n) is 6.24. The quantitative estimate of drug-likeness (QED) is 0.884. The Balaban J connectivity index is 1.81. The second kappa shape index (κ2) is 6.24. The number of ether oxygens (including phenoxy) is 1. The van der Waals surface area contributed by atoms with Gasteiger partial charge in [-0.15, -0.1) is 0 Å². The molecule has 0 amide bonds. The summed E-state index contributed by atoms with van der Waals surface area (Å²) in [6.45, 7) is 1.49. The van der Waals surface area contributed by atoms with Crippen LogP contribution in [-0.2, 0) is 16.4 Å². The van der Waals surface area contributed by atoms with Crippen molar-refractivity contribution in [1.82, 2.24) is 5.32 Å². The number of hydrogen-bond acceptors (Lipinski definition) is 4. The minimum Gasteiger partial charge on any atom is -0.496 e. The topological polar surface area (TPSA) is 55.4 Å². The van der Waals surface area contributed by atoms with Gasteiger partial charge in [-0.05, 0) is 52.5 Å². The fourth-order valence-corrected chi connectivity index (χ4v) is 4.72. The van der Waals surface area contributed by atoms with Crippen LogP contribution >= 0.6 is 15.9 Å². The van der Waals surface area contributed by atoms with E-state index in [4.69, 9.17) is 4.74 Å². The maximum Gasteiger partial charge on any atom is 0.150 e. The van der Waals surface area contributed by atoms with Gasteiger partial charge >= 0.3 is 0 Å². The smallest absolute Gasteiger partial charge is 0.150 e. The van der Waals surface area contributed by atoms with Crippen LogP contribution in [0.3, 0.4) is 0 Å². The summed E-state index contributed by atoms with van der Waals surface area (Å²) in [6.07, 6.45) is 0.779. The molecule has 0 aliphatic carbocycles. The predicted molar refractivity (Wildman–Crippen MR) is 79.2 cm³/mol. The molecule has 1 N–H and O–H groups in total. The molecule has 1 saturated heterocycles. The van der Waals surface area contributed by atoms with E-state index in [-0.39, 0.29) is 5.92 Å². The first-order chi connectivity index (χ1) is 9.00. The second-order valence-electron chi connectivity index (χ2n) is 4.87.